The lowest BCUT2D eigenvalue weighted by Crippen LogP contribution is -2.32. The second-order valence-corrected chi connectivity index (χ2v) is 3.72. The Labute approximate surface area is 82.2 Å². The predicted molar refractivity (Wildman–Crippen MR) is 44.4 cm³/mol. The lowest BCUT2D eigenvalue weighted by molar-refractivity contribution is -0.0978. The van der Waals surface area contributed by atoms with Gasteiger partial charge in [-0.15, -0.1) is 11.3 Å². The van der Waals surface area contributed by atoms with Gasteiger partial charge in [0, 0.05) is 0 Å². The molecule has 0 aromatic carbocycles. The molecule has 0 radical (unpaired) electrons. The van der Waals surface area contributed by atoms with Crippen LogP contribution in [0.2, 0.25) is 0 Å². The molecule has 0 N–H and O–H groups in total. The fourth-order valence-corrected chi connectivity index (χ4v) is 1.88. The first-order valence-corrected chi connectivity index (χ1v) is 4.74. The van der Waals surface area contributed by atoms with Crippen LogP contribution in [0.15, 0.2) is 17.5 Å². The number of hydrogen-bond acceptors (Lipinski definition) is 4. The average molecular weight is 220 g/mol. The number of ether oxygens (including phenoxy) is 2. The highest BCUT2D eigenvalue weighted by Crippen LogP contribution is 2.38. The van der Waals surface area contributed by atoms with E-state index in [9.17, 15) is 13.6 Å². The summed E-state index contributed by atoms with van der Waals surface area (Å²) in [4.78, 5) is 10.4. The highest BCUT2D eigenvalue weighted by molar-refractivity contribution is 7.10. The third-order valence-corrected chi connectivity index (χ3v) is 2.80. The Morgan fingerprint density at radius 3 is 2.86 bits per heavy atom. The largest absolute Gasteiger partial charge is 0.509 e. The van der Waals surface area contributed by atoms with Gasteiger partial charge >= 0.3 is 12.1 Å². The van der Waals surface area contributed by atoms with Crippen LogP contribution in [0.5, 0.6) is 0 Å². The zero-order valence-corrected chi connectivity index (χ0v) is 7.72. The van der Waals surface area contributed by atoms with Crippen LogP contribution in [0.4, 0.5) is 13.6 Å². The first-order valence-electron chi connectivity index (χ1n) is 3.86. The summed E-state index contributed by atoms with van der Waals surface area (Å²) in [7, 11) is 0. The molecule has 1 aliphatic rings. The molecule has 1 aromatic rings. The average Bonchev–Trinajstić information content (AvgIpc) is 2.72. The van der Waals surface area contributed by atoms with E-state index in [0.717, 1.165) is 11.3 Å². The molecule has 1 fully saturated rings. The summed E-state index contributed by atoms with van der Waals surface area (Å²) in [6, 6.07) is 2.82. The molecule has 0 saturated carbocycles. The van der Waals surface area contributed by atoms with Gasteiger partial charge in [0.05, 0.1) is 4.88 Å². The van der Waals surface area contributed by atoms with Gasteiger partial charge in [-0.3, -0.25) is 0 Å². The third kappa shape index (κ3) is 1.45. The topological polar surface area (TPSA) is 35.5 Å². The summed E-state index contributed by atoms with van der Waals surface area (Å²) < 4.78 is 35.7. The van der Waals surface area contributed by atoms with Gasteiger partial charge in [0.25, 0.3) is 0 Å². The number of carbonyl (C=O) groups is 1. The third-order valence-electron chi connectivity index (χ3n) is 1.85. The molecule has 1 saturated heterocycles. The van der Waals surface area contributed by atoms with Gasteiger partial charge < -0.3 is 9.47 Å². The Morgan fingerprint density at radius 2 is 2.36 bits per heavy atom. The SMILES string of the molecule is O=C1OCC(C(F)(F)c2cccs2)O1. The maximum absolute atomic E-state index is 13.5. The van der Waals surface area contributed by atoms with Crippen molar-refractivity contribution in [3.8, 4) is 0 Å². The molecule has 1 aromatic heterocycles. The van der Waals surface area contributed by atoms with Crippen molar-refractivity contribution in [2.45, 2.75) is 12.0 Å². The molecule has 6 heteroatoms. The summed E-state index contributed by atoms with van der Waals surface area (Å²) in [6.07, 6.45) is -2.54. The van der Waals surface area contributed by atoms with Gasteiger partial charge in [-0.1, -0.05) is 6.07 Å². The van der Waals surface area contributed by atoms with Gasteiger partial charge in [0.2, 0.25) is 6.10 Å². The van der Waals surface area contributed by atoms with E-state index in [2.05, 4.69) is 9.47 Å². The van der Waals surface area contributed by atoms with Crippen LogP contribution >= 0.6 is 11.3 Å². The Balaban J connectivity index is 2.20. The minimum Gasteiger partial charge on any atom is -0.430 e. The maximum atomic E-state index is 13.5. The Bertz CT molecular complexity index is 336. The molecule has 2 rings (SSSR count). The van der Waals surface area contributed by atoms with Crippen LogP contribution in [0.1, 0.15) is 4.88 Å². The number of rotatable bonds is 2. The summed E-state index contributed by atoms with van der Waals surface area (Å²) >= 11 is 0.921. The molecule has 76 valence electrons. The van der Waals surface area contributed by atoms with Crippen LogP contribution in [0.25, 0.3) is 0 Å². The van der Waals surface area contributed by atoms with E-state index < -0.39 is 24.8 Å². The number of cyclic esters (lactones) is 2. The van der Waals surface area contributed by atoms with Crippen molar-refractivity contribution >= 4 is 17.5 Å². The monoisotopic (exact) mass is 220 g/mol. The van der Waals surface area contributed by atoms with Gasteiger partial charge in [-0.2, -0.15) is 8.78 Å². The van der Waals surface area contributed by atoms with Crippen LogP contribution in [-0.4, -0.2) is 18.9 Å². The van der Waals surface area contributed by atoms with Crippen molar-refractivity contribution in [1.29, 1.82) is 0 Å². The zero-order chi connectivity index (χ0) is 10.2. The van der Waals surface area contributed by atoms with Crippen molar-refractivity contribution in [3.05, 3.63) is 22.4 Å². The molecule has 0 aliphatic carbocycles. The summed E-state index contributed by atoms with van der Waals surface area (Å²) in [5, 5.41) is 1.54. The molecule has 3 nitrogen and oxygen atoms in total. The van der Waals surface area contributed by atoms with E-state index in [1.54, 1.807) is 5.38 Å². The predicted octanol–water partition coefficient (Wildman–Crippen LogP) is 2.38. The molecule has 1 unspecified atom stereocenters. The van der Waals surface area contributed by atoms with E-state index in [-0.39, 0.29) is 4.88 Å². The molecule has 0 bridgehead atoms. The van der Waals surface area contributed by atoms with E-state index in [4.69, 9.17) is 0 Å². The summed E-state index contributed by atoms with van der Waals surface area (Å²) in [6.45, 7) is -0.399. The molecule has 14 heavy (non-hydrogen) atoms. The van der Waals surface area contributed by atoms with Crippen molar-refractivity contribution in [2.75, 3.05) is 6.61 Å². The molecule has 2 heterocycles. The number of halogens is 2. The Hall–Kier alpha value is -1.17. The van der Waals surface area contributed by atoms with Crippen LogP contribution in [0, 0.1) is 0 Å². The number of thiophene rings is 1. The van der Waals surface area contributed by atoms with Crippen molar-refractivity contribution in [1.82, 2.24) is 0 Å². The van der Waals surface area contributed by atoms with Crippen LogP contribution in [-0.2, 0) is 15.4 Å². The van der Waals surface area contributed by atoms with E-state index in [1.807, 2.05) is 0 Å². The Morgan fingerprint density at radius 1 is 1.57 bits per heavy atom. The molecule has 0 spiro atoms. The van der Waals surface area contributed by atoms with Gasteiger partial charge in [-0.05, 0) is 11.4 Å². The normalized spacial score (nSPS) is 21.9. The minimum absolute atomic E-state index is 0.124. The second-order valence-electron chi connectivity index (χ2n) is 2.77. The fraction of sp³-hybridized carbons (Fsp3) is 0.375. The zero-order valence-electron chi connectivity index (χ0n) is 6.91. The molecule has 0 amide bonds. The van der Waals surface area contributed by atoms with Crippen molar-refractivity contribution in [3.63, 3.8) is 0 Å². The minimum atomic E-state index is -3.17. The van der Waals surface area contributed by atoms with Gasteiger partial charge in [-0.25, -0.2) is 4.79 Å². The molecular weight excluding hydrogens is 214 g/mol. The van der Waals surface area contributed by atoms with Crippen molar-refractivity contribution < 1.29 is 23.0 Å². The summed E-state index contributed by atoms with van der Waals surface area (Å²) in [5.74, 6) is -3.17. The van der Waals surface area contributed by atoms with Crippen LogP contribution in [0.3, 0.4) is 0 Å². The number of carbonyl (C=O) groups excluding carboxylic acids is 1. The van der Waals surface area contributed by atoms with Crippen LogP contribution < -0.4 is 0 Å². The van der Waals surface area contributed by atoms with E-state index in [0.29, 0.717) is 0 Å². The van der Waals surface area contributed by atoms with Gasteiger partial charge in [0.15, 0.2) is 0 Å². The summed E-state index contributed by atoms with van der Waals surface area (Å²) in [5.41, 5.74) is 0. The van der Waals surface area contributed by atoms with Crippen molar-refractivity contribution in [2.24, 2.45) is 0 Å². The first kappa shape index (κ1) is 9.39. The number of alkyl halides is 2. The standard InChI is InChI=1S/C8H6F2O3S/c9-8(10,6-2-1-3-14-6)5-4-12-7(11)13-5/h1-3,5H,4H2. The molecule has 1 atom stereocenters. The highest BCUT2D eigenvalue weighted by atomic mass is 32.1. The fourth-order valence-electron chi connectivity index (χ4n) is 1.13. The lowest BCUT2D eigenvalue weighted by atomic mass is 10.1. The van der Waals surface area contributed by atoms with E-state index in [1.165, 1.54) is 12.1 Å². The van der Waals surface area contributed by atoms with E-state index >= 15 is 0 Å². The molecular formula is C8H6F2O3S. The maximum Gasteiger partial charge on any atom is 0.509 e. The molecule has 1 aliphatic heterocycles. The highest BCUT2D eigenvalue weighted by Gasteiger charge is 2.49. The quantitative estimate of drug-likeness (QED) is 0.718. The number of hydrogen-bond donors (Lipinski definition) is 0. The Kier molecular flexibility index (Phi) is 2.14. The van der Waals surface area contributed by atoms with Gasteiger partial charge in [0.1, 0.15) is 6.61 Å². The lowest BCUT2D eigenvalue weighted by Gasteiger charge is -2.18. The second kappa shape index (κ2) is 3.20. The smallest absolute Gasteiger partial charge is 0.430 e. The first-order chi connectivity index (χ1) is 6.60.